The molecule has 2 fully saturated rings. The fourth-order valence-corrected chi connectivity index (χ4v) is 6.21. The molecule has 3 aliphatic carbocycles. The van der Waals surface area contributed by atoms with Gasteiger partial charge in [0.2, 0.25) is 5.91 Å². The zero-order valence-electron chi connectivity index (χ0n) is 20.2. The SMILES string of the molecule is CC(C)CN(CC(=O)O)C(=O)C12CC(NC(=O)OCC3c4ccccc4-c4ccccc43)CC1C2. The lowest BCUT2D eigenvalue weighted by Crippen LogP contribution is -2.44. The summed E-state index contributed by atoms with van der Waals surface area (Å²) in [6.45, 7) is 4.33. The number of rotatable bonds is 8. The number of ether oxygens (including phenoxy) is 1. The Labute approximate surface area is 205 Å². The summed E-state index contributed by atoms with van der Waals surface area (Å²) in [4.78, 5) is 38.7. The summed E-state index contributed by atoms with van der Waals surface area (Å²) in [6, 6.07) is 16.3. The molecule has 2 amide bonds. The maximum atomic E-state index is 13.3. The van der Waals surface area contributed by atoms with E-state index in [9.17, 15) is 19.5 Å². The van der Waals surface area contributed by atoms with Gasteiger partial charge in [0.15, 0.2) is 0 Å². The molecule has 2 aromatic carbocycles. The molecule has 0 bridgehead atoms. The molecule has 35 heavy (non-hydrogen) atoms. The van der Waals surface area contributed by atoms with Crippen molar-refractivity contribution >= 4 is 18.0 Å². The predicted molar refractivity (Wildman–Crippen MR) is 131 cm³/mol. The number of nitrogens with one attached hydrogen (secondary N) is 1. The van der Waals surface area contributed by atoms with Gasteiger partial charge in [-0.3, -0.25) is 9.59 Å². The first-order chi connectivity index (χ1) is 16.8. The molecule has 184 valence electrons. The Kier molecular flexibility index (Phi) is 6.03. The molecule has 2 aromatic rings. The van der Waals surface area contributed by atoms with Gasteiger partial charge in [0, 0.05) is 18.5 Å². The lowest BCUT2D eigenvalue weighted by molar-refractivity contribution is -0.147. The van der Waals surface area contributed by atoms with Gasteiger partial charge in [0.05, 0.1) is 5.41 Å². The number of amides is 2. The van der Waals surface area contributed by atoms with Crippen molar-refractivity contribution in [1.29, 1.82) is 0 Å². The van der Waals surface area contributed by atoms with Crippen LogP contribution in [0.2, 0.25) is 0 Å². The van der Waals surface area contributed by atoms with Crippen LogP contribution in [0.25, 0.3) is 11.1 Å². The molecule has 3 atom stereocenters. The van der Waals surface area contributed by atoms with Crippen LogP contribution < -0.4 is 5.32 Å². The van der Waals surface area contributed by atoms with E-state index in [1.807, 2.05) is 38.1 Å². The first-order valence-corrected chi connectivity index (χ1v) is 12.4. The highest BCUT2D eigenvalue weighted by atomic mass is 16.5. The zero-order valence-corrected chi connectivity index (χ0v) is 20.2. The van der Waals surface area contributed by atoms with Crippen molar-refractivity contribution in [1.82, 2.24) is 10.2 Å². The molecule has 0 spiro atoms. The highest BCUT2D eigenvalue weighted by Crippen LogP contribution is 2.64. The van der Waals surface area contributed by atoms with Gasteiger partial charge in [-0.05, 0) is 53.4 Å². The van der Waals surface area contributed by atoms with Crippen LogP contribution in [0.5, 0.6) is 0 Å². The Balaban J connectivity index is 1.19. The fourth-order valence-electron chi connectivity index (χ4n) is 6.21. The van der Waals surface area contributed by atoms with Crippen LogP contribution in [0.4, 0.5) is 4.79 Å². The van der Waals surface area contributed by atoms with Gasteiger partial charge in [-0.1, -0.05) is 62.4 Å². The van der Waals surface area contributed by atoms with Crippen molar-refractivity contribution in [3.05, 3.63) is 59.7 Å². The van der Waals surface area contributed by atoms with E-state index < -0.39 is 17.5 Å². The summed E-state index contributed by atoms with van der Waals surface area (Å²) in [7, 11) is 0. The van der Waals surface area contributed by atoms with Gasteiger partial charge in [0.25, 0.3) is 0 Å². The summed E-state index contributed by atoms with van der Waals surface area (Å²) >= 11 is 0. The van der Waals surface area contributed by atoms with Crippen molar-refractivity contribution in [2.45, 2.75) is 45.1 Å². The van der Waals surface area contributed by atoms with E-state index in [-0.39, 0.29) is 42.9 Å². The van der Waals surface area contributed by atoms with E-state index >= 15 is 0 Å². The molecule has 2 saturated carbocycles. The third-order valence-electron chi connectivity index (χ3n) is 7.70. The highest BCUT2D eigenvalue weighted by Gasteiger charge is 2.66. The summed E-state index contributed by atoms with van der Waals surface area (Å²) in [6.07, 6.45) is 1.56. The predicted octanol–water partition coefficient (Wildman–Crippen LogP) is 4.26. The van der Waals surface area contributed by atoms with Gasteiger partial charge in [0.1, 0.15) is 13.2 Å². The molecule has 7 nitrogen and oxygen atoms in total. The number of aliphatic carboxylic acids is 1. The molecule has 0 aliphatic heterocycles. The van der Waals surface area contributed by atoms with Crippen LogP contribution in [0.3, 0.4) is 0 Å². The molecule has 0 saturated heterocycles. The maximum absolute atomic E-state index is 13.3. The number of carboxylic acids is 1. The Morgan fingerprint density at radius 1 is 1.06 bits per heavy atom. The standard InChI is InChI=1S/C28H32N2O5/c1-17(2)14-30(15-25(31)32)26(33)28-12-18(28)11-19(13-28)29-27(34)35-16-24-22-9-5-3-7-20(22)21-8-4-6-10-23(21)24/h3-10,17-19,24H,11-16H2,1-2H3,(H,29,34)(H,31,32). The topological polar surface area (TPSA) is 95.9 Å². The maximum Gasteiger partial charge on any atom is 0.407 e. The van der Waals surface area contributed by atoms with Crippen LogP contribution >= 0.6 is 0 Å². The van der Waals surface area contributed by atoms with Gasteiger partial charge in [-0.25, -0.2) is 4.79 Å². The lowest BCUT2D eigenvalue weighted by Gasteiger charge is -2.27. The molecule has 0 radical (unpaired) electrons. The third-order valence-corrected chi connectivity index (χ3v) is 7.70. The normalized spacial score (nSPS) is 23.9. The summed E-state index contributed by atoms with van der Waals surface area (Å²) < 4.78 is 5.67. The van der Waals surface area contributed by atoms with E-state index in [2.05, 4.69) is 29.6 Å². The second-order valence-corrected chi connectivity index (χ2v) is 10.6. The van der Waals surface area contributed by atoms with E-state index in [0.717, 1.165) is 24.0 Å². The first kappa shape index (κ1) is 23.4. The van der Waals surface area contributed by atoms with Crippen molar-refractivity contribution in [3.63, 3.8) is 0 Å². The lowest BCUT2D eigenvalue weighted by atomic mass is 9.98. The van der Waals surface area contributed by atoms with Crippen molar-refractivity contribution in [3.8, 4) is 11.1 Å². The van der Waals surface area contributed by atoms with Crippen LogP contribution in [0.15, 0.2) is 48.5 Å². The summed E-state index contributed by atoms with van der Waals surface area (Å²) in [5.74, 6) is -0.714. The van der Waals surface area contributed by atoms with Gasteiger partial charge < -0.3 is 20.1 Å². The molecular weight excluding hydrogens is 444 g/mol. The second kappa shape index (κ2) is 9.02. The Hall–Kier alpha value is -3.35. The Bertz CT molecular complexity index is 1120. The summed E-state index contributed by atoms with van der Waals surface area (Å²) in [5.41, 5.74) is 4.15. The van der Waals surface area contributed by atoms with Gasteiger partial charge >= 0.3 is 12.1 Å². The average Bonchev–Trinajstić information content (AvgIpc) is 3.24. The average molecular weight is 477 g/mol. The molecule has 0 heterocycles. The van der Waals surface area contributed by atoms with E-state index in [4.69, 9.17) is 4.74 Å². The third kappa shape index (κ3) is 4.40. The number of carboxylic acid groups (broad SMARTS) is 1. The molecule has 7 heteroatoms. The van der Waals surface area contributed by atoms with Crippen molar-refractivity contribution in [2.75, 3.05) is 19.7 Å². The largest absolute Gasteiger partial charge is 0.480 e. The van der Waals surface area contributed by atoms with E-state index in [1.165, 1.54) is 16.0 Å². The number of hydrogen-bond acceptors (Lipinski definition) is 4. The number of alkyl carbamates (subject to hydrolysis) is 1. The van der Waals surface area contributed by atoms with Crippen molar-refractivity contribution < 1.29 is 24.2 Å². The Morgan fingerprint density at radius 3 is 2.29 bits per heavy atom. The molecule has 2 N–H and O–H groups in total. The molecule has 5 rings (SSSR count). The van der Waals surface area contributed by atoms with E-state index in [1.54, 1.807) is 0 Å². The van der Waals surface area contributed by atoms with Crippen LogP contribution in [-0.2, 0) is 14.3 Å². The number of carbonyl (C=O) groups excluding carboxylic acids is 2. The quantitative estimate of drug-likeness (QED) is 0.593. The fraction of sp³-hybridized carbons (Fsp3) is 0.464. The molecular formula is C28H32N2O5. The number of fused-ring (bicyclic) bond motifs is 4. The Morgan fingerprint density at radius 2 is 1.69 bits per heavy atom. The minimum atomic E-state index is -1.00. The number of benzene rings is 2. The van der Waals surface area contributed by atoms with Crippen LogP contribution in [-0.4, -0.2) is 53.7 Å². The number of hydrogen-bond donors (Lipinski definition) is 2. The summed E-state index contributed by atoms with van der Waals surface area (Å²) in [5, 5.41) is 12.2. The van der Waals surface area contributed by atoms with Gasteiger partial charge in [-0.2, -0.15) is 0 Å². The highest BCUT2D eigenvalue weighted by molar-refractivity contribution is 5.89. The molecule has 3 unspecified atom stereocenters. The smallest absolute Gasteiger partial charge is 0.407 e. The molecule has 0 aromatic heterocycles. The number of nitrogens with zero attached hydrogens (tertiary/aromatic N) is 1. The van der Waals surface area contributed by atoms with Gasteiger partial charge in [-0.15, -0.1) is 0 Å². The van der Waals surface area contributed by atoms with Crippen LogP contribution in [0.1, 0.15) is 50.2 Å². The second-order valence-electron chi connectivity index (χ2n) is 10.6. The minimum absolute atomic E-state index is 0.00124. The molecule has 3 aliphatic rings. The number of carbonyl (C=O) groups is 3. The zero-order chi connectivity index (χ0) is 24.7. The monoisotopic (exact) mass is 476 g/mol. The minimum Gasteiger partial charge on any atom is -0.480 e. The van der Waals surface area contributed by atoms with Crippen molar-refractivity contribution in [2.24, 2.45) is 17.3 Å². The van der Waals surface area contributed by atoms with E-state index in [0.29, 0.717) is 13.0 Å². The first-order valence-electron chi connectivity index (χ1n) is 12.4. The van der Waals surface area contributed by atoms with Crippen LogP contribution in [0, 0.1) is 17.3 Å².